The fourth-order valence-electron chi connectivity index (χ4n) is 2.80. The predicted octanol–water partition coefficient (Wildman–Crippen LogP) is 4.07. The number of hydrogen-bond donors (Lipinski definition) is 1. The molecule has 0 atom stereocenters. The molecule has 0 saturated carbocycles. The number of nitrogens with zero attached hydrogens (tertiary/aromatic N) is 1. The number of rotatable bonds is 5. The van der Waals surface area contributed by atoms with Gasteiger partial charge in [0.05, 0.1) is 12.2 Å². The van der Waals surface area contributed by atoms with Crippen LogP contribution < -0.4 is 15.4 Å². The number of ether oxygens (including phenoxy) is 1. The van der Waals surface area contributed by atoms with E-state index in [0.29, 0.717) is 5.92 Å². The van der Waals surface area contributed by atoms with Gasteiger partial charge in [0.25, 0.3) is 0 Å². The highest BCUT2D eigenvalue weighted by molar-refractivity contribution is 5.66. The second-order valence-corrected chi connectivity index (χ2v) is 6.32. The molecule has 1 aliphatic rings. The van der Waals surface area contributed by atoms with E-state index < -0.39 is 0 Å². The van der Waals surface area contributed by atoms with Crippen molar-refractivity contribution in [2.75, 3.05) is 23.7 Å². The van der Waals surface area contributed by atoms with E-state index >= 15 is 0 Å². The van der Waals surface area contributed by atoms with Crippen molar-refractivity contribution < 1.29 is 4.74 Å². The average molecular weight is 276 g/mol. The quantitative estimate of drug-likeness (QED) is 0.824. The van der Waals surface area contributed by atoms with Gasteiger partial charge in [0.1, 0.15) is 11.4 Å². The van der Waals surface area contributed by atoms with Gasteiger partial charge >= 0.3 is 0 Å². The SMILES string of the molecule is CCC1(CC)CN(CCC(C)C)c2cc(N)ccc2O1. The van der Waals surface area contributed by atoms with Crippen molar-refractivity contribution in [1.82, 2.24) is 0 Å². The molecule has 0 saturated heterocycles. The Balaban J connectivity index is 2.31. The number of hydrogen-bond acceptors (Lipinski definition) is 3. The van der Waals surface area contributed by atoms with E-state index in [1.54, 1.807) is 0 Å². The van der Waals surface area contributed by atoms with Crippen LogP contribution in [0.2, 0.25) is 0 Å². The van der Waals surface area contributed by atoms with E-state index in [1.165, 1.54) is 6.42 Å². The Bertz CT molecular complexity index is 452. The van der Waals surface area contributed by atoms with E-state index in [-0.39, 0.29) is 5.60 Å². The van der Waals surface area contributed by atoms with Crippen molar-refractivity contribution in [3.8, 4) is 5.75 Å². The van der Waals surface area contributed by atoms with Crippen molar-refractivity contribution in [2.45, 2.75) is 52.6 Å². The van der Waals surface area contributed by atoms with Gasteiger partial charge in [0.15, 0.2) is 0 Å². The number of fused-ring (bicyclic) bond motifs is 1. The summed E-state index contributed by atoms with van der Waals surface area (Å²) in [4.78, 5) is 2.46. The number of anilines is 2. The maximum atomic E-state index is 6.31. The van der Waals surface area contributed by atoms with E-state index in [1.807, 2.05) is 18.2 Å². The summed E-state index contributed by atoms with van der Waals surface area (Å²) in [6.45, 7) is 11.0. The third-order valence-electron chi connectivity index (χ3n) is 4.39. The fraction of sp³-hybridized carbons (Fsp3) is 0.647. The molecule has 0 aliphatic carbocycles. The molecule has 0 bridgehead atoms. The van der Waals surface area contributed by atoms with Gasteiger partial charge in [0.2, 0.25) is 0 Å². The highest BCUT2D eigenvalue weighted by Gasteiger charge is 2.36. The molecule has 2 rings (SSSR count). The molecule has 0 fully saturated rings. The molecular weight excluding hydrogens is 248 g/mol. The lowest BCUT2D eigenvalue weighted by atomic mass is 9.93. The zero-order chi connectivity index (χ0) is 14.8. The zero-order valence-electron chi connectivity index (χ0n) is 13.3. The first-order valence-electron chi connectivity index (χ1n) is 7.83. The monoisotopic (exact) mass is 276 g/mol. The molecule has 0 radical (unpaired) electrons. The molecular formula is C17H28N2O. The van der Waals surface area contributed by atoms with Gasteiger partial charge in [-0.3, -0.25) is 0 Å². The van der Waals surface area contributed by atoms with Crippen LogP contribution >= 0.6 is 0 Å². The van der Waals surface area contributed by atoms with E-state index in [4.69, 9.17) is 10.5 Å². The van der Waals surface area contributed by atoms with Gasteiger partial charge < -0.3 is 15.4 Å². The molecule has 1 aliphatic heterocycles. The Morgan fingerprint density at radius 2 is 2.00 bits per heavy atom. The van der Waals surface area contributed by atoms with Gasteiger partial charge in [-0.1, -0.05) is 27.7 Å². The Labute approximate surface area is 123 Å². The Kier molecular flexibility index (Phi) is 4.46. The fourth-order valence-corrected chi connectivity index (χ4v) is 2.80. The number of benzene rings is 1. The molecule has 2 N–H and O–H groups in total. The lowest BCUT2D eigenvalue weighted by Gasteiger charge is -2.44. The maximum absolute atomic E-state index is 6.31. The molecule has 0 amide bonds. The lowest BCUT2D eigenvalue weighted by Crippen LogP contribution is -2.50. The van der Waals surface area contributed by atoms with Crippen LogP contribution in [0.25, 0.3) is 0 Å². The first-order valence-corrected chi connectivity index (χ1v) is 7.83. The molecule has 1 aromatic carbocycles. The summed E-state index contributed by atoms with van der Waals surface area (Å²) < 4.78 is 6.31. The van der Waals surface area contributed by atoms with Crippen LogP contribution in [0, 0.1) is 5.92 Å². The maximum Gasteiger partial charge on any atom is 0.143 e. The predicted molar refractivity (Wildman–Crippen MR) is 86.5 cm³/mol. The minimum Gasteiger partial charge on any atom is -0.483 e. The zero-order valence-corrected chi connectivity index (χ0v) is 13.3. The van der Waals surface area contributed by atoms with Crippen LogP contribution in [-0.4, -0.2) is 18.7 Å². The summed E-state index contributed by atoms with van der Waals surface area (Å²) in [6.07, 6.45) is 3.26. The van der Waals surface area contributed by atoms with Gasteiger partial charge in [-0.15, -0.1) is 0 Å². The second kappa shape index (κ2) is 5.94. The van der Waals surface area contributed by atoms with Crippen molar-refractivity contribution in [3.63, 3.8) is 0 Å². The van der Waals surface area contributed by atoms with Crippen LogP contribution in [0.3, 0.4) is 0 Å². The molecule has 1 aromatic rings. The van der Waals surface area contributed by atoms with Crippen LogP contribution in [0.15, 0.2) is 18.2 Å². The van der Waals surface area contributed by atoms with Gasteiger partial charge in [-0.05, 0) is 43.4 Å². The molecule has 20 heavy (non-hydrogen) atoms. The van der Waals surface area contributed by atoms with E-state index in [2.05, 4.69) is 32.6 Å². The summed E-state index contributed by atoms with van der Waals surface area (Å²) in [5.74, 6) is 1.69. The molecule has 0 aromatic heterocycles. The largest absolute Gasteiger partial charge is 0.483 e. The Morgan fingerprint density at radius 3 is 2.60 bits per heavy atom. The summed E-state index contributed by atoms with van der Waals surface area (Å²) in [5, 5.41) is 0. The van der Waals surface area contributed by atoms with Crippen molar-refractivity contribution in [1.29, 1.82) is 0 Å². The first-order chi connectivity index (χ1) is 9.49. The minimum absolute atomic E-state index is 0.0555. The minimum atomic E-state index is -0.0555. The van der Waals surface area contributed by atoms with Crippen LogP contribution in [-0.2, 0) is 0 Å². The third-order valence-corrected chi connectivity index (χ3v) is 4.39. The molecule has 1 heterocycles. The molecule has 112 valence electrons. The summed E-state index contributed by atoms with van der Waals surface area (Å²) in [6, 6.07) is 6.00. The van der Waals surface area contributed by atoms with Crippen LogP contribution in [0.1, 0.15) is 47.0 Å². The smallest absolute Gasteiger partial charge is 0.143 e. The van der Waals surface area contributed by atoms with E-state index in [0.717, 1.165) is 43.1 Å². The average Bonchev–Trinajstić information content (AvgIpc) is 2.44. The molecule has 0 unspecified atom stereocenters. The van der Waals surface area contributed by atoms with Gasteiger partial charge in [-0.2, -0.15) is 0 Å². The lowest BCUT2D eigenvalue weighted by molar-refractivity contribution is 0.0572. The molecule has 3 nitrogen and oxygen atoms in total. The van der Waals surface area contributed by atoms with Gasteiger partial charge in [0, 0.05) is 12.2 Å². The molecule has 0 spiro atoms. The third kappa shape index (κ3) is 3.02. The van der Waals surface area contributed by atoms with Gasteiger partial charge in [-0.25, -0.2) is 0 Å². The Morgan fingerprint density at radius 1 is 1.30 bits per heavy atom. The highest BCUT2D eigenvalue weighted by Crippen LogP contribution is 2.40. The van der Waals surface area contributed by atoms with Crippen molar-refractivity contribution >= 4 is 11.4 Å². The number of nitrogens with two attached hydrogens (primary N) is 1. The summed E-state index contributed by atoms with van der Waals surface area (Å²) >= 11 is 0. The number of nitrogen functional groups attached to an aromatic ring is 1. The van der Waals surface area contributed by atoms with E-state index in [9.17, 15) is 0 Å². The highest BCUT2D eigenvalue weighted by atomic mass is 16.5. The first kappa shape index (κ1) is 15.0. The normalized spacial score (nSPS) is 16.9. The summed E-state index contributed by atoms with van der Waals surface area (Å²) in [5.41, 5.74) is 7.86. The van der Waals surface area contributed by atoms with Crippen molar-refractivity contribution in [3.05, 3.63) is 18.2 Å². The standard InChI is InChI=1S/C17H28N2O/c1-5-17(6-2)12-19(10-9-13(3)4)15-11-14(18)7-8-16(15)20-17/h7-8,11,13H,5-6,9-10,12,18H2,1-4H3. The topological polar surface area (TPSA) is 38.5 Å². The van der Waals surface area contributed by atoms with Crippen LogP contribution in [0.4, 0.5) is 11.4 Å². The van der Waals surface area contributed by atoms with Crippen molar-refractivity contribution in [2.24, 2.45) is 5.92 Å². The van der Waals surface area contributed by atoms with Crippen LogP contribution in [0.5, 0.6) is 5.75 Å². The Hall–Kier alpha value is -1.38. The molecule has 3 heteroatoms. The second-order valence-electron chi connectivity index (χ2n) is 6.32. The summed E-state index contributed by atoms with van der Waals surface area (Å²) in [7, 11) is 0.